The molecule has 0 aliphatic heterocycles. The normalized spacial score (nSPS) is 10.5. The highest BCUT2D eigenvalue weighted by Crippen LogP contribution is 2.26. The molecule has 2 aromatic carbocycles. The van der Waals surface area contributed by atoms with Gasteiger partial charge < -0.3 is 9.97 Å². The van der Waals surface area contributed by atoms with Crippen molar-refractivity contribution >= 4 is 11.0 Å². The predicted octanol–water partition coefficient (Wildman–Crippen LogP) is 2.59. The number of hydrogen-bond acceptors (Lipinski definition) is 2. The van der Waals surface area contributed by atoms with Crippen LogP contribution in [0.5, 0.6) is 0 Å². The van der Waals surface area contributed by atoms with E-state index in [2.05, 4.69) is 16.0 Å². The Morgan fingerprint density at radius 2 is 1.84 bits per heavy atom. The van der Waals surface area contributed by atoms with Gasteiger partial charge in [-0.05, 0) is 28.8 Å². The maximum absolute atomic E-state index is 11.3. The summed E-state index contributed by atoms with van der Waals surface area (Å²) >= 11 is 0. The summed E-state index contributed by atoms with van der Waals surface area (Å²) in [6, 6.07) is 15.7. The molecule has 0 unspecified atom stereocenters. The summed E-state index contributed by atoms with van der Waals surface area (Å²) < 4.78 is 0. The summed E-state index contributed by atoms with van der Waals surface area (Å²) in [5.41, 5.74) is 4.35. The van der Waals surface area contributed by atoms with Crippen molar-refractivity contribution in [3.63, 3.8) is 0 Å². The number of aromatic nitrogens is 2. The molecule has 4 heteroatoms. The number of nitrogens with one attached hydrogen (secondary N) is 2. The summed E-state index contributed by atoms with van der Waals surface area (Å²) in [5, 5.41) is 8.86. The molecule has 92 valence electrons. The van der Waals surface area contributed by atoms with Crippen LogP contribution in [0.1, 0.15) is 5.56 Å². The van der Waals surface area contributed by atoms with Crippen LogP contribution in [0.4, 0.5) is 0 Å². The van der Waals surface area contributed by atoms with E-state index in [1.54, 1.807) is 0 Å². The quantitative estimate of drug-likeness (QED) is 0.732. The van der Waals surface area contributed by atoms with Gasteiger partial charge in [0.1, 0.15) is 0 Å². The molecule has 0 aliphatic carbocycles. The second kappa shape index (κ2) is 4.46. The molecule has 3 aromatic rings. The molecule has 0 atom stereocenters. The fraction of sp³-hybridized carbons (Fsp3) is 0.0667. The fourth-order valence-electron chi connectivity index (χ4n) is 2.24. The van der Waals surface area contributed by atoms with E-state index < -0.39 is 0 Å². The Morgan fingerprint density at radius 1 is 1.05 bits per heavy atom. The van der Waals surface area contributed by atoms with E-state index in [1.807, 2.05) is 42.5 Å². The van der Waals surface area contributed by atoms with Crippen LogP contribution in [0.15, 0.2) is 47.3 Å². The van der Waals surface area contributed by atoms with Crippen LogP contribution in [0, 0.1) is 11.3 Å². The molecule has 0 aliphatic rings. The molecule has 1 aromatic heterocycles. The van der Waals surface area contributed by atoms with Crippen molar-refractivity contribution in [1.82, 2.24) is 9.97 Å². The van der Waals surface area contributed by atoms with Gasteiger partial charge in [0.2, 0.25) is 0 Å². The Kier molecular flexibility index (Phi) is 2.66. The highest BCUT2D eigenvalue weighted by molar-refractivity contribution is 5.82. The number of benzene rings is 2. The maximum Gasteiger partial charge on any atom is 0.323 e. The molecule has 0 saturated carbocycles. The average Bonchev–Trinajstić information content (AvgIpc) is 2.79. The molecule has 0 amide bonds. The lowest BCUT2D eigenvalue weighted by Crippen LogP contribution is -1.99. The van der Waals surface area contributed by atoms with Crippen LogP contribution >= 0.6 is 0 Å². The van der Waals surface area contributed by atoms with Crippen LogP contribution in [-0.4, -0.2) is 9.97 Å². The number of imidazole rings is 1. The summed E-state index contributed by atoms with van der Waals surface area (Å²) in [7, 11) is 0. The van der Waals surface area contributed by atoms with Gasteiger partial charge in [-0.15, -0.1) is 0 Å². The van der Waals surface area contributed by atoms with Gasteiger partial charge in [-0.2, -0.15) is 5.26 Å². The van der Waals surface area contributed by atoms with Gasteiger partial charge in [0.25, 0.3) is 0 Å². The van der Waals surface area contributed by atoms with Crippen LogP contribution in [0.2, 0.25) is 0 Å². The predicted molar refractivity (Wildman–Crippen MR) is 73.7 cm³/mol. The van der Waals surface area contributed by atoms with Gasteiger partial charge in [-0.3, -0.25) is 0 Å². The van der Waals surface area contributed by atoms with E-state index in [0.717, 1.165) is 27.7 Å². The minimum atomic E-state index is -0.211. The second-order valence-corrected chi connectivity index (χ2v) is 4.33. The molecule has 0 bridgehead atoms. The van der Waals surface area contributed by atoms with E-state index in [1.165, 1.54) is 0 Å². The van der Waals surface area contributed by atoms with Crippen molar-refractivity contribution < 1.29 is 0 Å². The first-order chi connectivity index (χ1) is 9.28. The molecule has 4 nitrogen and oxygen atoms in total. The van der Waals surface area contributed by atoms with E-state index in [9.17, 15) is 4.79 Å². The molecule has 2 N–H and O–H groups in total. The molecule has 0 saturated heterocycles. The zero-order valence-electron chi connectivity index (χ0n) is 10.1. The van der Waals surface area contributed by atoms with Crippen molar-refractivity contribution in [3.05, 3.63) is 58.5 Å². The Morgan fingerprint density at radius 3 is 2.68 bits per heavy atom. The molecule has 0 fully saturated rings. The van der Waals surface area contributed by atoms with E-state index >= 15 is 0 Å². The Hall–Kier alpha value is -2.80. The highest BCUT2D eigenvalue weighted by atomic mass is 16.1. The number of fused-ring (bicyclic) bond motifs is 1. The molecule has 0 radical (unpaired) electrons. The van der Waals surface area contributed by atoms with Gasteiger partial charge >= 0.3 is 5.69 Å². The molecule has 3 rings (SSSR count). The number of aromatic amines is 2. The molecule has 1 heterocycles. The average molecular weight is 249 g/mol. The maximum atomic E-state index is 11.3. The van der Waals surface area contributed by atoms with Gasteiger partial charge in [-0.1, -0.05) is 30.3 Å². The minimum absolute atomic E-state index is 0.211. The molecular weight excluding hydrogens is 238 g/mol. The first-order valence-electron chi connectivity index (χ1n) is 5.95. The molecule has 0 spiro atoms. The number of nitrogens with zero attached hydrogens (tertiary/aromatic N) is 1. The third-order valence-electron chi connectivity index (χ3n) is 3.11. The van der Waals surface area contributed by atoms with Gasteiger partial charge in [0, 0.05) is 0 Å². The second-order valence-electron chi connectivity index (χ2n) is 4.33. The van der Waals surface area contributed by atoms with Crippen molar-refractivity contribution in [2.24, 2.45) is 0 Å². The summed E-state index contributed by atoms with van der Waals surface area (Å²) in [5.74, 6) is 0. The monoisotopic (exact) mass is 249 g/mol. The van der Waals surface area contributed by atoms with E-state index in [0.29, 0.717) is 6.42 Å². The summed E-state index contributed by atoms with van der Waals surface area (Å²) in [6.07, 6.45) is 0.373. The minimum Gasteiger partial charge on any atom is -0.306 e. The number of hydrogen-bond donors (Lipinski definition) is 2. The van der Waals surface area contributed by atoms with E-state index in [4.69, 9.17) is 5.26 Å². The van der Waals surface area contributed by atoms with Crippen molar-refractivity contribution in [2.75, 3.05) is 0 Å². The lowest BCUT2D eigenvalue weighted by molar-refractivity contribution is 1.21. The van der Waals surface area contributed by atoms with Gasteiger partial charge in [0.05, 0.1) is 23.5 Å². The Balaban J connectivity index is 2.19. The number of nitriles is 1. The zero-order valence-corrected chi connectivity index (χ0v) is 10.1. The Bertz CT molecular complexity index is 836. The number of H-pyrrole nitrogens is 2. The summed E-state index contributed by atoms with van der Waals surface area (Å²) in [6.45, 7) is 0. The third-order valence-corrected chi connectivity index (χ3v) is 3.11. The molecular formula is C15H11N3O. The lowest BCUT2D eigenvalue weighted by atomic mass is 9.98. The van der Waals surface area contributed by atoms with Crippen LogP contribution in [0.25, 0.3) is 22.2 Å². The number of rotatable bonds is 2. The summed E-state index contributed by atoms with van der Waals surface area (Å²) in [4.78, 5) is 16.7. The largest absolute Gasteiger partial charge is 0.323 e. The van der Waals surface area contributed by atoms with Gasteiger partial charge in [-0.25, -0.2) is 4.79 Å². The standard InChI is InChI=1S/C15H11N3O/c16-8-7-10-3-1-2-4-12(10)11-5-6-13-14(9-11)18-15(19)17-13/h1-6,9H,7H2,(H2,17,18,19). The van der Waals surface area contributed by atoms with Crippen LogP contribution in [0.3, 0.4) is 0 Å². The van der Waals surface area contributed by atoms with Crippen LogP contribution < -0.4 is 5.69 Å². The lowest BCUT2D eigenvalue weighted by Gasteiger charge is -2.06. The van der Waals surface area contributed by atoms with Crippen molar-refractivity contribution in [1.29, 1.82) is 5.26 Å². The fourth-order valence-corrected chi connectivity index (χ4v) is 2.24. The first-order valence-corrected chi connectivity index (χ1v) is 5.95. The SMILES string of the molecule is N#CCc1ccccc1-c1ccc2[nH]c(=O)[nH]c2c1. The topological polar surface area (TPSA) is 72.4 Å². The van der Waals surface area contributed by atoms with Gasteiger partial charge in [0.15, 0.2) is 0 Å². The van der Waals surface area contributed by atoms with Crippen molar-refractivity contribution in [2.45, 2.75) is 6.42 Å². The van der Waals surface area contributed by atoms with Crippen molar-refractivity contribution in [3.8, 4) is 17.2 Å². The zero-order chi connectivity index (χ0) is 13.2. The third kappa shape index (κ3) is 2.02. The van der Waals surface area contributed by atoms with E-state index in [-0.39, 0.29) is 5.69 Å². The highest BCUT2D eigenvalue weighted by Gasteiger charge is 2.06. The van der Waals surface area contributed by atoms with Crippen LogP contribution in [-0.2, 0) is 6.42 Å². The molecule has 19 heavy (non-hydrogen) atoms. The smallest absolute Gasteiger partial charge is 0.306 e. The Labute approximate surface area is 109 Å². The first kappa shape index (κ1) is 11.3.